The molecule has 0 fully saturated rings. The lowest BCUT2D eigenvalue weighted by atomic mass is 10.2. The number of nitrogens with one attached hydrogen (secondary N) is 1. The predicted octanol–water partition coefficient (Wildman–Crippen LogP) is 2.88. The van der Waals surface area contributed by atoms with Gasteiger partial charge >= 0.3 is 18.6 Å². The maximum absolute atomic E-state index is 12.3. The average molecular weight is 409 g/mol. The topological polar surface area (TPSA) is 100 Å². The summed E-state index contributed by atoms with van der Waals surface area (Å²) in [7, 11) is 2.45. The Kier molecular flexibility index (Phi) is 7.47. The Hall–Kier alpha value is -3.69. The van der Waals surface area contributed by atoms with Crippen molar-refractivity contribution in [1.29, 1.82) is 0 Å². The van der Waals surface area contributed by atoms with Gasteiger partial charge < -0.3 is 24.3 Å². The molecule has 29 heavy (non-hydrogen) atoms. The Balaban J connectivity index is 1.96. The summed E-state index contributed by atoms with van der Waals surface area (Å²) < 4.78 is 43.3. The Bertz CT molecular complexity index is 902. The van der Waals surface area contributed by atoms with Crippen molar-refractivity contribution >= 4 is 23.5 Å². The zero-order valence-corrected chi connectivity index (χ0v) is 15.4. The maximum Gasteiger partial charge on any atom is 0.387 e. The molecule has 0 aromatic heterocycles. The molecule has 154 valence electrons. The van der Waals surface area contributed by atoms with Gasteiger partial charge in [0.25, 0.3) is 5.91 Å². The number of ether oxygens (including phenoxy) is 4. The maximum atomic E-state index is 12.3. The predicted molar refractivity (Wildman–Crippen MR) is 96.3 cm³/mol. The molecule has 0 saturated carbocycles. The number of hydrogen-bond acceptors (Lipinski definition) is 7. The number of rotatable bonds is 8. The highest BCUT2D eigenvalue weighted by molar-refractivity contribution is 5.97. The van der Waals surface area contributed by atoms with Crippen LogP contribution in [0.2, 0.25) is 0 Å². The van der Waals surface area contributed by atoms with Gasteiger partial charge in [-0.15, -0.1) is 0 Å². The monoisotopic (exact) mass is 409 g/mol. The molecule has 0 aliphatic carbocycles. The zero-order valence-electron chi connectivity index (χ0n) is 15.4. The van der Waals surface area contributed by atoms with Gasteiger partial charge in [0.2, 0.25) is 0 Å². The van der Waals surface area contributed by atoms with E-state index in [0.717, 1.165) is 12.1 Å². The second kappa shape index (κ2) is 10.0. The average Bonchev–Trinajstić information content (AvgIpc) is 2.71. The first-order chi connectivity index (χ1) is 13.8. The normalized spacial score (nSPS) is 10.2. The molecule has 0 bridgehead atoms. The van der Waals surface area contributed by atoms with E-state index < -0.39 is 31.1 Å². The quantitative estimate of drug-likeness (QED) is 0.669. The van der Waals surface area contributed by atoms with Gasteiger partial charge in [0.15, 0.2) is 18.1 Å². The number of hydrogen-bond donors (Lipinski definition) is 1. The zero-order chi connectivity index (χ0) is 21.4. The molecule has 2 rings (SSSR count). The van der Waals surface area contributed by atoms with Gasteiger partial charge in [-0.3, -0.25) is 4.79 Å². The minimum absolute atomic E-state index is 0.0241. The van der Waals surface area contributed by atoms with Crippen LogP contribution < -0.4 is 14.8 Å². The lowest BCUT2D eigenvalue weighted by molar-refractivity contribution is -0.119. The van der Waals surface area contributed by atoms with E-state index in [9.17, 15) is 23.2 Å². The smallest absolute Gasteiger partial charge is 0.387 e. The summed E-state index contributed by atoms with van der Waals surface area (Å²) in [5.41, 5.74) is 0.522. The summed E-state index contributed by atoms with van der Waals surface area (Å²) in [6.45, 7) is -3.66. The summed E-state index contributed by atoms with van der Waals surface area (Å²) in [6, 6.07) is 9.47. The van der Waals surface area contributed by atoms with Crippen molar-refractivity contribution in [2.75, 3.05) is 26.1 Å². The van der Waals surface area contributed by atoms with Crippen LogP contribution in [-0.4, -0.2) is 45.3 Å². The van der Waals surface area contributed by atoms with Crippen molar-refractivity contribution in [1.82, 2.24) is 0 Å². The van der Waals surface area contributed by atoms with Crippen LogP contribution in [0.15, 0.2) is 42.5 Å². The summed E-state index contributed by atoms with van der Waals surface area (Å²) in [4.78, 5) is 35.5. The summed E-state index contributed by atoms with van der Waals surface area (Å²) in [6.07, 6.45) is 0. The molecule has 8 nitrogen and oxygen atoms in total. The summed E-state index contributed by atoms with van der Waals surface area (Å²) in [5.74, 6) is -2.43. The van der Waals surface area contributed by atoms with Gasteiger partial charge in [-0.2, -0.15) is 8.78 Å². The van der Waals surface area contributed by atoms with Crippen LogP contribution >= 0.6 is 0 Å². The molecular formula is C19H17F2NO7. The van der Waals surface area contributed by atoms with Crippen LogP contribution in [0.1, 0.15) is 20.7 Å². The Morgan fingerprint density at radius 2 is 1.69 bits per heavy atom. The third kappa shape index (κ3) is 6.16. The molecule has 0 aliphatic rings. The van der Waals surface area contributed by atoms with Gasteiger partial charge in [0.05, 0.1) is 25.3 Å². The standard InChI is InChI=1S/C19H17F2NO7/c1-26-15-9-12(6-7-14(15)29-19(20)21)18(25)28-10-16(23)22-13-5-3-4-11(8-13)17(24)27-2/h3-9,19H,10H2,1-2H3,(H,22,23). The van der Waals surface area contributed by atoms with E-state index in [4.69, 9.17) is 9.47 Å². The molecule has 0 unspecified atom stereocenters. The van der Waals surface area contributed by atoms with Gasteiger partial charge in [-0.25, -0.2) is 9.59 Å². The first kappa shape index (κ1) is 21.6. The Morgan fingerprint density at radius 3 is 2.34 bits per heavy atom. The molecule has 2 aromatic rings. The van der Waals surface area contributed by atoms with Gasteiger partial charge in [0, 0.05) is 5.69 Å². The first-order valence-corrected chi connectivity index (χ1v) is 8.12. The molecule has 10 heteroatoms. The van der Waals surface area contributed by atoms with Crippen LogP contribution in [0.5, 0.6) is 11.5 Å². The molecule has 1 N–H and O–H groups in total. The number of anilines is 1. The number of alkyl halides is 2. The van der Waals surface area contributed by atoms with Crippen LogP contribution in [0.3, 0.4) is 0 Å². The fraction of sp³-hybridized carbons (Fsp3) is 0.211. The largest absolute Gasteiger partial charge is 0.493 e. The lowest BCUT2D eigenvalue weighted by Crippen LogP contribution is -2.21. The molecule has 1 amide bonds. The van der Waals surface area contributed by atoms with E-state index in [0.29, 0.717) is 5.69 Å². The van der Waals surface area contributed by atoms with Crippen molar-refractivity contribution in [2.45, 2.75) is 6.61 Å². The Labute approximate surface area is 164 Å². The minimum atomic E-state index is -3.05. The van der Waals surface area contributed by atoms with Crippen molar-refractivity contribution in [3.05, 3.63) is 53.6 Å². The molecule has 0 aliphatic heterocycles. The molecule has 2 aromatic carbocycles. The van der Waals surface area contributed by atoms with Gasteiger partial charge in [0.1, 0.15) is 0 Å². The SMILES string of the molecule is COC(=O)c1cccc(NC(=O)COC(=O)c2ccc(OC(F)F)c(OC)c2)c1. The fourth-order valence-corrected chi connectivity index (χ4v) is 2.24. The molecule has 0 saturated heterocycles. The van der Waals surface area contributed by atoms with Gasteiger partial charge in [-0.05, 0) is 36.4 Å². The number of benzene rings is 2. The van der Waals surface area contributed by atoms with Crippen LogP contribution in [-0.2, 0) is 14.3 Å². The molecular weight excluding hydrogens is 392 g/mol. The summed E-state index contributed by atoms with van der Waals surface area (Å²) >= 11 is 0. The second-order valence-electron chi connectivity index (χ2n) is 5.44. The summed E-state index contributed by atoms with van der Waals surface area (Å²) in [5, 5.41) is 2.47. The van der Waals surface area contributed by atoms with Crippen molar-refractivity contribution < 1.29 is 42.1 Å². The van der Waals surface area contributed by atoms with E-state index in [1.807, 2.05) is 0 Å². The molecule has 0 radical (unpaired) electrons. The molecule has 0 heterocycles. The second-order valence-corrected chi connectivity index (χ2v) is 5.44. The van der Waals surface area contributed by atoms with Crippen molar-refractivity contribution in [3.8, 4) is 11.5 Å². The lowest BCUT2D eigenvalue weighted by Gasteiger charge is -2.11. The highest BCUT2D eigenvalue weighted by Gasteiger charge is 2.16. The number of halogens is 2. The molecule has 0 spiro atoms. The Morgan fingerprint density at radius 1 is 0.966 bits per heavy atom. The number of amides is 1. The van der Waals surface area contributed by atoms with Crippen LogP contribution in [0.4, 0.5) is 14.5 Å². The number of carbonyl (C=O) groups is 3. The molecule has 0 atom stereocenters. The van der Waals surface area contributed by atoms with Crippen molar-refractivity contribution in [3.63, 3.8) is 0 Å². The minimum Gasteiger partial charge on any atom is -0.493 e. The third-order valence-corrected chi connectivity index (χ3v) is 3.52. The number of methoxy groups -OCH3 is 2. The number of carbonyl (C=O) groups excluding carboxylic acids is 3. The van der Waals surface area contributed by atoms with Crippen LogP contribution in [0.25, 0.3) is 0 Å². The highest BCUT2D eigenvalue weighted by atomic mass is 19.3. The van der Waals surface area contributed by atoms with E-state index in [-0.39, 0.29) is 22.6 Å². The van der Waals surface area contributed by atoms with Gasteiger partial charge in [-0.1, -0.05) is 6.07 Å². The van der Waals surface area contributed by atoms with Crippen molar-refractivity contribution in [2.24, 2.45) is 0 Å². The first-order valence-electron chi connectivity index (χ1n) is 8.12. The van der Waals surface area contributed by atoms with E-state index in [2.05, 4.69) is 14.8 Å². The fourth-order valence-electron chi connectivity index (χ4n) is 2.24. The number of esters is 2. The van der Waals surface area contributed by atoms with Crippen LogP contribution in [0, 0.1) is 0 Å². The highest BCUT2D eigenvalue weighted by Crippen LogP contribution is 2.29. The van der Waals surface area contributed by atoms with E-state index >= 15 is 0 Å². The van der Waals surface area contributed by atoms with E-state index in [1.54, 1.807) is 12.1 Å². The van der Waals surface area contributed by atoms with E-state index in [1.165, 1.54) is 32.4 Å². The third-order valence-electron chi connectivity index (χ3n) is 3.52.